The molecule has 1 aliphatic rings. The molecule has 1 aliphatic heterocycles. The molecule has 1 amide bonds. The van der Waals surface area contributed by atoms with E-state index in [2.05, 4.69) is 32.7 Å². The van der Waals surface area contributed by atoms with Gasteiger partial charge < -0.3 is 20.3 Å². The summed E-state index contributed by atoms with van der Waals surface area (Å²) in [5.41, 5.74) is 3.27. The minimum Gasteiger partial charge on any atom is -0.376 e. The van der Waals surface area contributed by atoms with Crippen molar-refractivity contribution < 1.29 is 9.53 Å². The van der Waals surface area contributed by atoms with Gasteiger partial charge >= 0.3 is 0 Å². The standard InChI is InChI=1S/C24H32N4O2.HI/c1-19(29)27-23-10-8-20(9-11-23)12-14-26-24(25-2)28-15-13-22(16-28)18-30-17-21-6-4-3-5-7-21;/h3-11,22H,12-18H2,1-2H3,(H,25,26)(H,27,29);1H. The van der Waals surface area contributed by atoms with Crippen molar-refractivity contribution in [1.82, 2.24) is 10.2 Å². The van der Waals surface area contributed by atoms with Crippen LogP contribution in [0.4, 0.5) is 5.69 Å². The van der Waals surface area contributed by atoms with E-state index in [-0.39, 0.29) is 29.9 Å². The number of amides is 1. The van der Waals surface area contributed by atoms with E-state index in [1.54, 1.807) is 0 Å². The van der Waals surface area contributed by atoms with Gasteiger partial charge in [-0.05, 0) is 36.1 Å². The second-order valence-electron chi connectivity index (χ2n) is 7.70. The summed E-state index contributed by atoms with van der Waals surface area (Å²) in [7, 11) is 1.84. The Morgan fingerprint density at radius 2 is 1.87 bits per heavy atom. The highest BCUT2D eigenvalue weighted by Gasteiger charge is 2.24. The van der Waals surface area contributed by atoms with Gasteiger partial charge in [0.05, 0.1) is 13.2 Å². The monoisotopic (exact) mass is 536 g/mol. The van der Waals surface area contributed by atoms with Crippen LogP contribution >= 0.6 is 24.0 Å². The number of nitrogens with zero attached hydrogens (tertiary/aromatic N) is 2. The van der Waals surface area contributed by atoms with Crippen LogP contribution in [0.15, 0.2) is 59.6 Å². The molecular weight excluding hydrogens is 503 g/mol. The Hall–Kier alpha value is -2.13. The summed E-state index contributed by atoms with van der Waals surface area (Å²) in [5, 5.41) is 6.26. The second kappa shape index (κ2) is 13.3. The molecule has 2 aromatic carbocycles. The van der Waals surface area contributed by atoms with Crippen molar-refractivity contribution in [3.8, 4) is 0 Å². The fourth-order valence-corrected chi connectivity index (χ4v) is 3.69. The van der Waals surface area contributed by atoms with Crippen LogP contribution in [-0.2, 0) is 22.6 Å². The molecule has 1 fully saturated rings. The Morgan fingerprint density at radius 1 is 1.13 bits per heavy atom. The number of rotatable bonds is 8. The molecular formula is C24H33IN4O2. The number of carbonyl (C=O) groups excluding carboxylic acids is 1. The number of anilines is 1. The third-order valence-corrected chi connectivity index (χ3v) is 5.23. The molecule has 1 atom stereocenters. The Bertz CT molecular complexity index is 827. The number of ether oxygens (including phenoxy) is 1. The SMILES string of the molecule is CN=C(NCCc1ccc(NC(C)=O)cc1)N1CCC(COCc2ccccc2)C1.I. The zero-order valence-corrected chi connectivity index (χ0v) is 20.7. The first-order valence-corrected chi connectivity index (χ1v) is 10.6. The van der Waals surface area contributed by atoms with Gasteiger partial charge in [0.1, 0.15) is 0 Å². The molecule has 1 unspecified atom stereocenters. The highest BCUT2D eigenvalue weighted by Crippen LogP contribution is 2.17. The molecule has 0 aromatic heterocycles. The molecule has 168 valence electrons. The van der Waals surface area contributed by atoms with Gasteiger partial charge in [0.15, 0.2) is 5.96 Å². The molecule has 6 nitrogen and oxygen atoms in total. The maximum Gasteiger partial charge on any atom is 0.221 e. The van der Waals surface area contributed by atoms with E-state index in [4.69, 9.17) is 4.74 Å². The number of nitrogens with one attached hydrogen (secondary N) is 2. The normalized spacial score (nSPS) is 16.0. The minimum absolute atomic E-state index is 0. The third kappa shape index (κ3) is 8.49. The van der Waals surface area contributed by atoms with Crippen LogP contribution in [0.2, 0.25) is 0 Å². The number of aliphatic imine (C=N–C) groups is 1. The van der Waals surface area contributed by atoms with Crippen molar-refractivity contribution in [3.05, 3.63) is 65.7 Å². The van der Waals surface area contributed by atoms with Crippen LogP contribution in [0.1, 0.15) is 24.5 Å². The number of likely N-dealkylation sites (tertiary alicyclic amines) is 1. The van der Waals surface area contributed by atoms with Gasteiger partial charge in [-0.1, -0.05) is 42.5 Å². The first-order chi connectivity index (χ1) is 14.6. The summed E-state index contributed by atoms with van der Waals surface area (Å²) in [4.78, 5) is 17.9. The Labute approximate surface area is 202 Å². The Morgan fingerprint density at radius 3 is 2.55 bits per heavy atom. The van der Waals surface area contributed by atoms with E-state index < -0.39 is 0 Å². The van der Waals surface area contributed by atoms with Gasteiger partial charge in [0.25, 0.3) is 0 Å². The number of carbonyl (C=O) groups is 1. The number of guanidine groups is 1. The summed E-state index contributed by atoms with van der Waals surface area (Å²) in [6.07, 6.45) is 2.02. The zero-order valence-electron chi connectivity index (χ0n) is 18.3. The Balaban J connectivity index is 0.00000341. The molecule has 0 bridgehead atoms. The molecule has 0 spiro atoms. The quantitative estimate of drug-likeness (QED) is 0.305. The van der Waals surface area contributed by atoms with E-state index in [0.717, 1.165) is 50.7 Å². The molecule has 7 heteroatoms. The second-order valence-corrected chi connectivity index (χ2v) is 7.70. The maximum atomic E-state index is 11.1. The molecule has 1 heterocycles. The zero-order chi connectivity index (χ0) is 21.2. The first kappa shape index (κ1) is 25.1. The molecule has 31 heavy (non-hydrogen) atoms. The summed E-state index contributed by atoms with van der Waals surface area (Å²) in [6.45, 7) is 5.76. The summed E-state index contributed by atoms with van der Waals surface area (Å²) >= 11 is 0. The van der Waals surface area contributed by atoms with E-state index in [1.807, 2.05) is 49.5 Å². The lowest BCUT2D eigenvalue weighted by Crippen LogP contribution is -2.41. The van der Waals surface area contributed by atoms with Crippen LogP contribution < -0.4 is 10.6 Å². The van der Waals surface area contributed by atoms with Crippen molar-refractivity contribution >= 4 is 41.5 Å². The van der Waals surface area contributed by atoms with Crippen molar-refractivity contribution in [2.24, 2.45) is 10.9 Å². The third-order valence-electron chi connectivity index (χ3n) is 5.23. The lowest BCUT2D eigenvalue weighted by Gasteiger charge is -2.22. The highest BCUT2D eigenvalue weighted by atomic mass is 127. The fraction of sp³-hybridized carbons (Fsp3) is 0.417. The molecule has 2 N–H and O–H groups in total. The van der Waals surface area contributed by atoms with Crippen LogP contribution in [0.5, 0.6) is 0 Å². The van der Waals surface area contributed by atoms with Crippen molar-refractivity contribution in [3.63, 3.8) is 0 Å². The topological polar surface area (TPSA) is 66.0 Å². The van der Waals surface area contributed by atoms with Gasteiger partial charge in [-0.2, -0.15) is 0 Å². The summed E-state index contributed by atoms with van der Waals surface area (Å²) in [5.74, 6) is 1.44. The van der Waals surface area contributed by atoms with Gasteiger partial charge in [0, 0.05) is 45.2 Å². The average Bonchev–Trinajstić information content (AvgIpc) is 3.21. The predicted molar refractivity (Wildman–Crippen MR) is 137 cm³/mol. The number of hydrogen-bond acceptors (Lipinski definition) is 3. The van der Waals surface area contributed by atoms with Crippen LogP contribution in [0.25, 0.3) is 0 Å². The van der Waals surface area contributed by atoms with Crippen molar-refractivity contribution in [1.29, 1.82) is 0 Å². The fourth-order valence-electron chi connectivity index (χ4n) is 3.69. The van der Waals surface area contributed by atoms with Gasteiger partial charge in [-0.3, -0.25) is 9.79 Å². The highest BCUT2D eigenvalue weighted by molar-refractivity contribution is 14.0. The van der Waals surface area contributed by atoms with E-state index in [1.165, 1.54) is 18.1 Å². The number of hydrogen-bond donors (Lipinski definition) is 2. The lowest BCUT2D eigenvalue weighted by atomic mass is 10.1. The number of halogens is 1. The molecule has 2 aromatic rings. The minimum atomic E-state index is -0.0531. The molecule has 0 radical (unpaired) electrons. The van der Waals surface area contributed by atoms with Crippen LogP contribution in [0, 0.1) is 5.92 Å². The first-order valence-electron chi connectivity index (χ1n) is 10.6. The van der Waals surface area contributed by atoms with Gasteiger partial charge in [-0.15, -0.1) is 24.0 Å². The molecule has 0 aliphatic carbocycles. The van der Waals surface area contributed by atoms with Crippen molar-refractivity contribution in [2.45, 2.75) is 26.4 Å². The summed E-state index contributed by atoms with van der Waals surface area (Å²) in [6, 6.07) is 18.3. The van der Waals surface area contributed by atoms with Gasteiger partial charge in [0.2, 0.25) is 5.91 Å². The van der Waals surface area contributed by atoms with E-state index in [9.17, 15) is 4.79 Å². The van der Waals surface area contributed by atoms with Crippen LogP contribution in [-0.4, -0.2) is 50.1 Å². The lowest BCUT2D eigenvalue weighted by molar-refractivity contribution is -0.114. The molecule has 3 rings (SSSR count). The summed E-state index contributed by atoms with van der Waals surface area (Å²) < 4.78 is 5.92. The number of benzene rings is 2. The smallest absolute Gasteiger partial charge is 0.221 e. The maximum absolute atomic E-state index is 11.1. The predicted octanol–water partition coefficient (Wildman–Crippen LogP) is 3.92. The van der Waals surface area contributed by atoms with Crippen molar-refractivity contribution in [2.75, 3.05) is 38.6 Å². The van der Waals surface area contributed by atoms with E-state index in [0.29, 0.717) is 12.5 Å². The Kier molecular flexibility index (Phi) is 10.8. The van der Waals surface area contributed by atoms with Gasteiger partial charge in [-0.25, -0.2) is 0 Å². The van der Waals surface area contributed by atoms with Crippen LogP contribution in [0.3, 0.4) is 0 Å². The largest absolute Gasteiger partial charge is 0.376 e. The molecule has 0 saturated carbocycles. The molecule has 1 saturated heterocycles. The van der Waals surface area contributed by atoms with E-state index >= 15 is 0 Å². The average molecular weight is 536 g/mol.